The van der Waals surface area contributed by atoms with Gasteiger partial charge in [-0.15, -0.1) is 0 Å². The minimum atomic E-state index is 0.820. The predicted octanol–water partition coefficient (Wildman–Crippen LogP) is 7.31. The average molecular weight is 279 g/mol. The van der Waals surface area contributed by atoms with Gasteiger partial charge in [0, 0.05) is 0 Å². The third-order valence-corrected chi connectivity index (χ3v) is 4.13. The van der Waals surface area contributed by atoms with Gasteiger partial charge in [0.15, 0.2) is 0 Å². The first-order valence-corrected chi connectivity index (χ1v) is 9.10. The van der Waals surface area contributed by atoms with E-state index in [9.17, 15) is 0 Å². The van der Waals surface area contributed by atoms with Crippen LogP contribution in [-0.2, 0) is 0 Å². The molecule has 0 rings (SSSR count). The van der Waals surface area contributed by atoms with Crippen molar-refractivity contribution in [2.45, 2.75) is 96.8 Å². The van der Waals surface area contributed by atoms with Crippen molar-refractivity contribution in [1.29, 1.82) is 0 Å². The van der Waals surface area contributed by atoms with Crippen molar-refractivity contribution in [2.24, 2.45) is 5.92 Å². The highest BCUT2D eigenvalue weighted by atomic mass is 14.1. The fourth-order valence-corrected chi connectivity index (χ4v) is 2.63. The summed E-state index contributed by atoms with van der Waals surface area (Å²) < 4.78 is 0. The van der Waals surface area contributed by atoms with Crippen molar-refractivity contribution in [3.8, 4) is 0 Å². The zero-order chi connectivity index (χ0) is 14.9. The maximum atomic E-state index is 3.90. The largest absolute Gasteiger partial charge is 0.0883 e. The summed E-state index contributed by atoms with van der Waals surface area (Å²) in [6.45, 7) is 10.1. The Balaban J connectivity index is 3.44. The van der Waals surface area contributed by atoms with E-state index in [1.165, 1.54) is 77.0 Å². The highest BCUT2D eigenvalue weighted by Gasteiger charge is 2.01. The molecule has 0 amide bonds. The topological polar surface area (TPSA) is 0 Å². The van der Waals surface area contributed by atoms with E-state index in [0.29, 0.717) is 0 Å². The van der Waals surface area contributed by atoms with Crippen LogP contribution < -0.4 is 0 Å². The van der Waals surface area contributed by atoms with Gasteiger partial charge in [-0.25, -0.2) is 0 Å². The molecular formula is C20H38. The summed E-state index contributed by atoms with van der Waals surface area (Å²) in [5.74, 6) is 0.820. The van der Waals surface area contributed by atoms with Gasteiger partial charge >= 0.3 is 0 Å². The summed E-state index contributed by atoms with van der Waals surface area (Å²) in [5.41, 5.74) is 0. The Morgan fingerprint density at radius 1 is 0.750 bits per heavy atom. The number of unbranched alkanes of at least 4 members (excludes halogenated alkanes) is 10. The van der Waals surface area contributed by atoms with Crippen LogP contribution >= 0.6 is 0 Å². The molecule has 0 saturated carbocycles. The Kier molecular flexibility index (Phi) is 16.6. The summed E-state index contributed by atoms with van der Waals surface area (Å²) in [7, 11) is 0. The van der Waals surface area contributed by atoms with Crippen LogP contribution in [0.2, 0.25) is 0 Å². The monoisotopic (exact) mass is 278 g/mol. The molecule has 0 N–H and O–H groups in total. The minimum absolute atomic E-state index is 0.820. The number of hydrogen-bond acceptors (Lipinski definition) is 0. The Labute approximate surface area is 129 Å². The summed E-state index contributed by atoms with van der Waals surface area (Å²) in [6, 6.07) is 0. The molecule has 0 aliphatic rings. The fraction of sp³-hybridized carbons (Fsp3) is 0.800. The molecule has 20 heavy (non-hydrogen) atoms. The van der Waals surface area contributed by atoms with Crippen molar-refractivity contribution in [3.05, 3.63) is 26.0 Å². The van der Waals surface area contributed by atoms with Crippen molar-refractivity contribution >= 4 is 0 Å². The molecule has 1 unspecified atom stereocenters. The van der Waals surface area contributed by atoms with Crippen LogP contribution in [0.3, 0.4) is 0 Å². The van der Waals surface area contributed by atoms with E-state index in [2.05, 4.69) is 32.9 Å². The van der Waals surface area contributed by atoms with Crippen molar-refractivity contribution in [1.82, 2.24) is 0 Å². The lowest BCUT2D eigenvalue weighted by Crippen LogP contribution is -1.94. The molecule has 1 atom stereocenters. The molecule has 0 fully saturated rings. The van der Waals surface area contributed by atoms with E-state index in [1.807, 2.05) is 0 Å². The van der Waals surface area contributed by atoms with Gasteiger partial charge < -0.3 is 0 Å². The Morgan fingerprint density at radius 3 is 1.90 bits per heavy atom. The maximum absolute atomic E-state index is 3.90. The molecule has 0 aliphatic carbocycles. The van der Waals surface area contributed by atoms with E-state index in [1.54, 1.807) is 0 Å². The third kappa shape index (κ3) is 14.2. The zero-order valence-electron chi connectivity index (χ0n) is 14.0. The molecule has 118 valence electrons. The normalized spacial score (nSPS) is 13.2. The van der Waals surface area contributed by atoms with Gasteiger partial charge in [0.1, 0.15) is 0 Å². The molecule has 0 aromatic carbocycles. The summed E-state index contributed by atoms with van der Waals surface area (Å²) >= 11 is 0. The van der Waals surface area contributed by atoms with Gasteiger partial charge in [0.25, 0.3) is 0 Å². The number of rotatable bonds is 15. The van der Waals surface area contributed by atoms with E-state index in [4.69, 9.17) is 0 Å². The lowest BCUT2D eigenvalue weighted by molar-refractivity contribution is 0.513. The smallest absolute Gasteiger partial charge is 0.0236 e. The SMILES string of the molecule is [CH2]CCCCCCCC=CC(CC)CCCCCC[CH2]. The lowest BCUT2D eigenvalue weighted by atomic mass is 9.97. The predicted molar refractivity (Wildman–Crippen MR) is 93.7 cm³/mol. The van der Waals surface area contributed by atoms with Gasteiger partial charge in [-0.3, -0.25) is 0 Å². The second-order valence-electron chi connectivity index (χ2n) is 6.06. The molecule has 0 aliphatic heterocycles. The van der Waals surface area contributed by atoms with E-state index < -0.39 is 0 Å². The van der Waals surface area contributed by atoms with Crippen molar-refractivity contribution in [3.63, 3.8) is 0 Å². The summed E-state index contributed by atoms with van der Waals surface area (Å²) in [5, 5.41) is 0. The molecule has 0 saturated heterocycles. The molecular weight excluding hydrogens is 240 g/mol. The van der Waals surface area contributed by atoms with Gasteiger partial charge in [-0.2, -0.15) is 0 Å². The second-order valence-corrected chi connectivity index (χ2v) is 6.06. The molecule has 0 heteroatoms. The van der Waals surface area contributed by atoms with Crippen molar-refractivity contribution in [2.75, 3.05) is 0 Å². The molecule has 0 bridgehead atoms. The van der Waals surface area contributed by atoms with E-state index >= 15 is 0 Å². The number of hydrogen-bond donors (Lipinski definition) is 0. The molecule has 0 heterocycles. The van der Waals surface area contributed by atoms with Crippen LogP contribution in [0.5, 0.6) is 0 Å². The van der Waals surface area contributed by atoms with Gasteiger partial charge in [0.05, 0.1) is 0 Å². The molecule has 0 aromatic heterocycles. The molecule has 0 aromatic rings. The van der Waals surface area contributed by atoms with E-state index in [-0.39, 0.29) is 0 Å². The number of allylic oxidation sites excluding steroid dienone is 2. The first kappa shape index (κ1) is 19.7. The zero-order valence-corrected chi connectivity index (χ0v) is 14.0. The van der Waals surface area contributed by atoms with E-state index in [0.717, 1.165) is 18.8 Å². The third-order valence-electron chi connectivity index (χ3n) is 4.13. The molecule has 2 radical (unpaired) electrons. The van der Waals surface area contributed by atoms with Crippen molar-refractivity contribution < 1.29 is 0 Å². The first-order chi connectivity index (χ1) is 9.85. The quantitative estimate of drug-likeness (QED) is 0.217. The van der Waals surface area contributed by atoms with Gasteiger partial charge in [0.2, 0.25) is 0 Å². The summed E-state index contributed by atoms with van der Waals surface area (Å²) in [6.07, 6.45) is 23.4. The summed E-state index contributed by atoms with van der Waals surface area (Å²) in [4.78, 5) is 0. The van der Waals surface area contributed by atoms with Crippen LogP contribution in [-0.4, -0.2) is 0 Å². The van der Waals surface area contributed by atoms with Gasteiger partial charge in [-0.05, 0) is 31.6 Å². The van der Waals surface area contributed by atoms with Crippen LogP contribution in [0.4, 0.5) is 0 Å². The lowest BCUT2D eigenvalue weighted by Gasteiger charge is -2.09. The minimum Gasteiger partial charge on any atom is -0.0883 e. The highest BCUT2D eigenvalue weighted by Crippen LogP contribution is 2.17. The van der Waals surface area contributed by atoms with Crippen LogP contribution in [0.1, 0.15) is 96.8 Å². The van der Waals surface area contributed by atoms with Crippen LogP contribution in [0, 0.1) is 19.8 Å². The van der Waals surface area contributed by atoms with Crippen LogP contribution in [0.25, 0.3) is 0 Å². The second kappa shape index (κ2) is 16.8. The Hall–Kier alpha value is -0.260. The maximum Gasteiger partial charge on any atom is -0.0236 e. The average Bonchev–Trinajstić information content (AvgIpc) is 2.47. The first-order valence-electron chi connectivity index (χ1n) is 9.10. The standard InChI is InChI=1S/C20H38/c1-4-7-9-11-12-13-15-17-19-20(6-3)18-16-14-10-8-5-2/h17,19-20H,1-2,4-16,18H2,3H3. The highest BCUT2D eigenvalue weighted by molar-refractivity contribution is 4.87. The molecule has 0 nitrogen and oxygen atoms in total. The van der Waals surface area contributed by atoms with Gasteiger partial charge in [-0.1, -0.05) is 97.1 Å². The van der Waals surface area contributed by atoms with Crippen LogP contribution in [0.15, 0.2) is 12.2 Å². The Morgan fingerprint density at radius 2 is 1.30 bits per heavy atom. The molecule has 0 spiro atoms. The fourth-order valence-electron chi connectivity index (χ4n) is 2.63. The Bertz CT molecular complexity index is 192.